The summed E-state index contributed by atoms with van der Waals surface area (Å²) in [6, 6.07) is 59.5. The van der Waals surface area contributed by atoms with Crippen molar-refractivity contribution in [3.63, 3.8) is 0 Å². The molecule has 1 unspecified atom stereocenters. The van der Waals surface area contributed by atoms with E-state index in [1.807, 2.05) is 11.8 Å². The first-order valence-electron chi connectivity index (χ1n) is 16.1. The van der Waals surface area contributed by atoms with Crippen LogP contribution in [0.4, 0.5) is 5.69 Å². The van der Waals surface area contributed by atoms with Crippen molar-refractivity contribution >= 4 is 61.1 Å². The molecule has 0 radical (unpaired) electrons. The van der Waals surface area contributed by atoms with Crippen molar-refractivity contribution < 1.29 is 0 Å². The fourth-order valence-corrected chi connectivity index (χ4v) is 8.65. The molecule has 1 N–H and O–H groups in total. The predicted octanol–water partition coefficient (Wildman–Crippen LogP) is 11.8. The molecule has 10 rings (SSSR count). The number of nitrogens with one attached hydrogen (secondary N) is 1. The van der Waals surface area contributed by atoms with Gasteiger partial charge in [0.25, 0.3) is 0 Å². The number of nitrogens with zero attached hydrogens (tertiary/aromatic N) is 2. The molecule has 4 heteroatoms. The Kier molecular flexibility index (Phi) is 5.87. The van der Waals surface area contributed by atoms with Gasteiger partial charge in [-0.1, -0.05) is 115 Å². The zero-order valence-corrected chi connectivity index (χ0v) is 26.3. The van der Waals surface area contributed by atoms with Crippen molar-refractivity contribution in [1.82, 2.24) is 9.13 Å². The normalized spacial score (nSPS) is 14.3. The lowest BCUT2D eigenvalue weighted by Gasteiger charge is -2.11. The molecular formula is C43H29N3S. The zero-order chi connectivity index (χ0) is 30.9. The van der Waals surface area contributed by atoms with Crippen LogP contribution in [0, 0.1) is 0 Å². The maximum Gasteiger partial charge on any atom is 0.103 e. The molecule has 9 aromatic rings. The summed E-state index contributed by atoms with van der Waals surface area (Å²) in [5, 5.41) is 9.06. The molecule has 0 saturated heterocycles. The average molecular weight is 620 g/mol. The van der Waals surface area contributed by atoms with E-state index >= 15 is 0 Å². The molecule has 0 aliphatic carbocycles. The second-order valence-electron chi connectivity index (χ2n) is 12.2. The number of para-hydroxylation sites is 3. The molecule has 0 spiro atoms. The second-order valence-corrected chi connectivity index (χ2v) is 13.4. The third-order valence-corrected chi connectivity index (χ3v) is 10.8. The summed E-state index contributed by atoms with van der Waals surface area (Å²) in [6.07, 6.45) is 0. The minimum atomic E-state index is 0.232. The van der Waals surface area contributed by atoms with E-state index < -0.39 is 0 Å². The summed E-state index contributed by atoms with van der Waals surface area (Å²) in [5.74, 6) is 0. The van der Waals surface area contributed by atoms with Crippen LogP contribution in [0.2, 0.25) is 0 Å². The van der Waals surface area contributed by atoms with Gasteiger partial charge in [0.15, 0.2) is 0 Å². The molecule has 0 amide bonds. The number of hydrogen-bond donors (Lipinski definition) is 1. The Morgan fingerprint density at radius 2 is 1.02 bits per heavy atom. The Labute approximate surface area is 276 Å². The van der Waals surface area contributed by atoms with E-state index in [-0.39, 0.29) is 5.37 Å². The first kappa shape index (κ1) is 26.5. The van der Waals surface area contributed by atoms with Gasteiger partial charge < -0.3 is 14.5 Å². The number of fused-ring (bicyclic) bond motifs is 8. The number of aromatic nitrogens is 2. The summed E-state index contributed by atoms with van der Waals surface area (Å²) < 4.78 is 4.84. The van der Waals surface area contributed by atoms with E-state index in [2.05, 4.69) is 178 Å². The van der Waals surface area contributed by atoms with Gasteiger partial charge in [-0.2, -0.15) is 0 Å². The monoisotopic (exact) mass is 619 g/mol. The first-order valence-corrected chi connectivity index (χ1v) is 16.9. The van der Waals surface area contributed by atoms with Crippen LogP contribution < -0.4 is 5.32 Å². The van der Waals surface area contributed by atoms with Crippen molar-refractivity contribution in [2.24, 2.45) is 0 Å². The lowest BCUT2D eigenvalue weighted by Crippen LogP contribution is -2.00. The van der Waals surface area contributed by atoms with Crippen LogP contribution in [0.25, 0.3) is 66.1 Å². The van der Waals surface area contributed by atoms with Crippen LogP contribution in [-0.2, 0) is 0 Å². The third-order valence-electron chi connectivity index (χ3n) is 9.54. The van der Waals surface area contributed by atoms with Crippen molar-refractivity contribution in [2.45, 2.75) is 10.3 Å². The highest BCUT2D eigenvalue weighted by Gasteiger charge is 2.24. The van der Waals surface area contributed by atoms with E-state index in [9.17, 15) is 0 Å². The fraction of sp³-hybridized carbons (Fsp3) is 0.0233. The van der Waals surface area contributed by atoms with Crippen molar-refractivity contribution in [3.8, 4) is 22.5 Å². The Morgan fingerprint density at radius 3 is 1.72 bits per heavy atom. The van der Waals surface area contributed by atoms with Gasteiger partial charge in [-0.3, -0.25) is 0 Å². The van der Waals surface area contributed by atoms with E-state index in [0.29, 0.717) is 0 Å². The van der Waals surface area contributed by atoms with Gasteiger partial charge in [-0.25, -0.2) is 0 Å². The standard InChI is InChI=1S/C43H29N3S/c1-3-12-28(13-4-1)43-44-35-23-22-30(27-40(35)47-43)29-14-11-17-32(26-29)46-37-21-10-8-19-34(37)42-39(46)25-24-38-41(42)33-18-7-9-20-36(33)45(38)31-15-5-2-6-16-31/h1-27,43-44H. The van der Waals surface area contributed by atoms with Crippen molar-refractivity contribution in [1.29, 1.82) is 0 Å². The van der Waals surface area contributed by atoms with Gasteiger partial charge in [0.1, 0.15) is 5.37 Å². The fourth-order valence-electron chi connectivity index (χ4n) is 7.47. The second kappa shape index (κ2) is 10.4. The summed E-state index contributed by atoms with van der Waals surface area (Å²) in [7, 11) is 0. The molecule has 7 aromatic carbocycles. The number of benzene rings is 7. The lowest BCUT2D eigenvalue weighted by molar-refractivity contribution is 1.13. The largest absolute Gasteiger partial charge is 0.368 e. The van der Waals surface area contributed by atoms with Crippen molar-refractivity contribution in [2.75, 3.05) is 5.32 Å². The van der Waals surface area contributed by atoms with Gasteiger partial charge in [-0.15, -0.1) is 0 Å². The van der Waals surface area contributed by atoms with Gasteiger partial charge in [-0.05, 0) is 77.4 Å². The van der Waals surface area contributed by atoms with Crippen LogP contribution in [0.1, 0.15) is 10.9 Å². The Bertz CT molecular complexity index is 2630. The highest BCUT2D eigenvalue weighted by molar-refractivity contribution is 8.00. The Morgan fingerprint density at radius 1 is 0.447 bits per heavy atom. The van der Waals surface area contributed by atoms with E-state index in [0.717, 1.165) is 5.69 Å². The number of rotatable bonds is 4. The lowest BCUT2D eigenvalue weighted by atomic mass is 10.0. The Balaban J connectivity index is 1.15. The SMILES string of the molecule is c1ccc(C2Nc3ccc(-c4cccc(-n5c6ccccc6c6c7c8ccccc8n(-c8ccccc8)c7ccc65)c4)cc3S2)cc1. The highest BCUT2D eigenvalue weighted by atomic mass is 32.2. The number of hydrogen-bond acceptors (Lipinski definition) is 2. The molecule has 2 aromatic heterocycles. The zero-order valence-electron chi connectivity index (χ0n) is 25.5. The summed E-state index contributed by atoms with van der Waals surface area (Å²) >= 11 is 1.89. The molecule has 1 aliphatic rings. The summed E-state index contributed by atoms with van der Waals surface area (Å²) in [4.78, 5) is 1.29. The van der Waals surface area contributed by atoms with Crippen LogP contribution in [-0.4, -0.2) is 9.13 Å². The first-order chi connectivity index (χ1) is 23.3. The smallest absolute Gasteiger partial charge is 0.103 e. The third kappa shape index (κ3) is 4.08. The molecule has 1 atom stereocenters. The topological polar surface area (TPSA) is 21.9 Å². The van der Waals surface area contributed by atoms with Crippen molar-refractivity contribution in [3.05, 3.63) is 169 Å². The minimum absolute atomic E-state index is 0.232. The highest BCUT2D eigenvalue weighted by Crippen LogP contribution is 2.48. The van der Waals surface area contributed by atoms with Crippen LogP contribution >= 0.6 is 11.8 Å². The van der Waals surface area contributed by atoms with Crippen LogP contribution in [0.5, 0.6) is 0 Å². The molecule has 1 aliphatic heterocycles. The molecule has 222 valence electrons. The maximum absolute atomic E-state index is 3.70. The van der Waals surface area contributed by atoms with Gasteiger partial charge >= 0.3 is 0 Å². The molecule has 47 heavy (non-hydrogen) atoms. The molecular weight excluding hydrogens is 591 g/mol. The van der Waals surface area contributed by atoms with Crippen LogP contribution in [0.3, 0.4) is 0 Å². The van der Waals surface area contributed by atoms with Gasteiger partial charge in [0, 0.05) is 43.5 Å². The minimum Gasteiger partial charge on any atom is -0.368 e. The predicted molar refractivity (Wildman–Crippen MR) is 199 cm³/mol. The molecule has 3 heterocycles. The summed E-state index contributed by atoms with van der Waals surface area (Å²) in [6.45, 7) is 0. The molecule has 3 nitrogen and oxygen atoms in total. The quantitative estimate of drug-likeness (QED) is 0.212. The summed E-state index contributed by atoms with van der Waals surface area (Å²) in [5.41, 5.74) is 12.1. The average Bonchev–Trinajstić information content (AvgIpc) is 3.82. The molecule has 0 fully saturated rings. The maximum atomic E-state index is 3.70. The molecule has 0 saturated carbocycles. The van der Waals surface area contributed by atoms with E-state index in [1.54, 1.807) is 0 Å². The molecule has 0 bridgehead atoms. The number of thioether (sulfide) groups is 1. The van der Waals surface area contributed by atoms with Gasteiger partial charge in [0.05, 0.1) is 22.1 Å². The van der Waals surface area contributed by atoms with E-state index in [4.69, 9.17) is 0 Å². The van der Waals surface area contributed by atoms with Gasteiger partial charge in [0.2, 0.25) is 0 Å². The van der Waals surface area contributed by atoms with E-state index in [1.165, 1.54) is 76.6 Å². The number of anilines is 1. The van der Waals surface area contributed by atoms with Crippen LogP contribution in [0.15, 0.2) is 169 Å². The Hall–Kier alpha value is -5.71.